The molecule has 4 fully saturated rings. The average molecular weight is 1480 g/mol. The van der Waals surface area contributed by atoms with Crippen LogP contribution in [0.15, 0.2) is 73.8 Å². The van der Waals surface area contributed by atoms with Crippen molar-refractivity contribution in [2.24, 2.45) is 10.8 Å². The van der Waals surface area contributed by atoms with Crippen molar-refractivity contribution in [3.8, 4) is 17.4 Å². The number of hydrogen-bond donors (Lipinski definition) is 7. The summed E-state index contributed by atoms with van der Waals surface area (Å²) in [6.45, 7) is 31.7. The fourth-order valence-electron chi connectivity index (χ4n) is 12.2. The van der Waals surface area contributed by atoms with E-state index in [1.54, 1.807) is 95.2 Å². The molecule has 2 aromatic carbocycles. The molecule has 7 N–H and O–H groups in total. The number of amides is 8. The molecule has 0 spiro atoms. The van der Waals surface area contributed by atoms with E-state index >= 15 is 0 Å². The quantitative estimate of drug-likeness (QED) is 0.0354. The first-order chi connectivity index (χ1) is 47.8. The van der Waals surface area contributed by atoms with Gasteiger partial charge in [0.05, 0.1) is 47.8 Å². The minimum absolute atomic E-state index is 0.0105. The van der Waals surface area contributed by atoms with Crippen molar-refractivity contribution < 1.29 is 88.4 Å². The lowest BCUT2D eigenvalue weighted by molar-refractivity contribution is -0.143. The number of sulfonamides is 2. The van der Waals surface area contributed by atoms with Crippen LogP contribution in [0.1, 0.15) is 160 Å². The Morgan fingerprint density at radius 2 is 0.981 bits per heavy atom. The Hall–Kier alpha value is -8.71. The number of fused-ring (bicyclic) bond motifs is 6. The molecule has 4 aliphatic heterocycles. The molecule has 8 atom stereocenters. The number of hydrogen-bond acceptors (Lipinski definition) is 20. The summed E-state index contributed by atoms with van der Waals surface area (Å²) in [5.74, 6) is -3.08. The smallest absolute Gasteiger partial charge is 0.408 e. The van der Waals surface area contributed by atoms with Gasteiger partial charge >= 0.3 is 12.2 Å². The van der Waals surface area contributed by atoms with Crippen LogP contribution in [0, 0.1) is 16.8 Å². The molecule has 4 aromatic rings. The van der Waals surface area contributed by atoms with Crippen molar-refractivity contribution >= 4 is 89.2 Å². The van der Waals surface area contributed by atoms with E-state index in [1.165, 1.54) is 35.8 Å². The Labute approximate surface area is 601 Å². The molecular weight excluding hydrogens is 1380 g/mol. The van der Waals surface area contributed by atoms with E-state index in [4.69, 9.17) is 28.7 Å². The lowest BCUT2D eigenvalue weighted by Crippen LogP contribution is -2.62. The molecule has 31 heteroatoms. The summed E-state index contributed by atoms with van der Waals surface area (Å²) >= 11 is 0. The van der Waals surface area contributed by atoms with Crippen LogP contribution in [-0.2, 0) is 71.1 Å². The first-order valence-electron chi connectivity index (χ1n) is 34.5. The Balaban J connectivity index is 0.000000225. The SMILES string of the molecule is C=CC[C@@](C)(NC(=O)[C@@H]1C[C@@H](O)CN1C(=O)[C@@H](NC(=O)OC(C)(C)C)C(C)(C)C)C(=O)NS(=O)(=O)C1CC1.C=CC[C@@](C)(NC(=O)[C@@H]1C[C@@H](Oc2nc3c(c4ccccc24)OCC3)CN1C(=O)[C@@H](NC(=O)OC(C)(C)C)C(C)(C)C)C(=O)NS(=O)(=O)C1CC1.Fc1nc2c(c3ccccc13)OCC2. The van der Waals surface area contributed by atoms with Gasteiger partial charge in [0.2, 0.25) is 55.5 Å². The number of alkyl carbamates (subject to hydrolysis) is 2. The second-order valence-corrected chi connectivity index (χ2v) is 35.3. The maximum absolute atomic E-state index is 14.5. The third kappa shape index (κ3) is 20.0. The Kier molecular flexibility index (Phi) is 24.0. The number of β-amino-alcohol motifs (C(OH)–C–C–N with tert-alkyl or cyclic N) is 1. The molecule has 10 rings (SSSR count). The largest absolute Gasteiger partial charge is 0.491 e. The summed E-state index contributed by atoms with van der Waals surface area (Å²) < 4.78 is 96.1. The lowest BCUT2D eigenvalue weighted by atomic mass is 9.85. The van der Waals surface area contributed by atoms with Gasteiger partial charge < -0.3 is 59.9 Å². The maximum Gasteiger partial charge on any atom is 0.408 e. The minimum Gasteiger partial charge on any atom is -0.491 e. The molecule has 0 radical (unpaired) electrons. The highest BCUT2D eigenvalue weighted by molar-refractivity contribution is 7.91. The van der Waals surface area contributed by atoms with Gasteiger partial charge in [-0.05, 0) is 117 Å². The summed E-state index contributed by atoms with van der Waals surface area (Å²) in [6.07, 6.45) is 2.26. The molecular formula is C72H99FN10O18S2. The summed E-state index contributed by atoms with van der Waals surface area (Å²) in [5.41, 5.74) is -5.15. The molecule has 6 aliphatic rings. The van der Waals surface area contributed by atoms with Crippen LogP contribution < -0.4 is 44.9 Å². The second kappa shape index (κ2) is 30.9. The molecule has 0 unspecified atom stereocenters. The van der Waals surface area contributed by atoms with Crippen LogP contribution in [0.25, 0.3) is 21.5 Å². The van der Waals surface area contributed by atoms with Gasteiger partial charge in [-0.15, -0.1) is 13.2 Å². The fourth-order valence-corrected chi connectivity index (χ4v) is 15.0. The number of benzene rings is 2. The van der Waals surface area contributed by atoms with Gasteiger partial charge in [0.15, 0.2) is 0 Å². The number of nitrogens with zero attached hydrogens (tertiary/aromatic N) is 4. The van der Waals surface area contributed by atoms with E-state index in [-0.39, 0.29) is 38.8 Å². The third-order valence-corrected chi connectivity index (χ3v) is 21.4. The Morgan fingerprint density at radius 3 is 1.39 bits per heavy atom. The van der Waals surface area contributed by atoms with Gasteiger partial charge in [-0.1, -0.05) is 90.1 Å². The zero-order chi connectivity index (χ0) is 76.3. The van der Waals surface area contributed by atoms with E-state index in [9.17, 15) is 64.7 Å². The summed E-state index contributed by atoms with van der Waals surface area (Å²) in [6, 6.07) is 10.2. The maximum atomic E-state index is 14.5. The van der Waals surface area contributed by atoms with Crippen molar-refractivity contribution in [3.05, 3.63) is 91.2 Å². The number of likely N-dealkylation sites (tertiary alicyclic amines) is 2. The summed E-state index contributed by atoms with van der Waals surface area (Å²) in [5, 5.41) is 22.5. The van der Waals surface area contributed by atoms with Crippen LogP contribution >= 0.6 is 0 Å². The molecule has 2 aliphatic carbocycles. The Morgan fingerprint density at radius 1 is 0.592 bits per heavy atom. The van der Waals surface area contributed by atoms with E-state index in [0.29, 0.717) is 74.1 Å². The van der Waals surface area contributed by atoms with E-state index in [0.717, 1.165) is 27.9 Å². The Bertz CT molecular complexity index is 4180. The van der Waals surface area contributed by atoms with Gasteiger partial charge in [0, 0.05) is 53.8 Å². The molecule has 0 bridgehead atoms. The standard InChI is InChI=1S/C36H49N5O9S.C25H42N4O8S.C11H8FNO/c1-9-17-36(8,32(44)40-51(46,47)22-14-15-22)39-29(42)26-19-21(49-30-24-13-11-10-12-23(24)27-25(37-30)16-18-48-27)20-41(26)31(43)28(34(2,3)4)38-33(45)50-35(5,6)7;1-9-12-25(8,21(33)28-38(35,36)16-10-11-16)27-19(31)17-13-15(30)14-29(17)20(32)18(23(2,3)4)26-22(34)37-24(5,6)7;12-11-8-4-2-1-3-7(8)10-9(13-11)5-6-14-10/h9-13,21-22,26,28H,1,14-20H2,2-8H3,(H,38,45)(H,39,42)(H,40,44);9,15-18,30H,1,10-14H2,2-8H3,(H,26,34)(H,27,31)(H,28,33);1-4H,5-6H2/t21-,26+,28-,36-;15-,17+,18-,25-;/m11./s1. The molecule has 8 amide bonds. The molecule has 564 valence electrons. The molecule has 2 saturated heterocycles. The number of aliphatic hydroxyl groups excluding tert-OH is 1. The van der Waals surface area contributed by atoms with Crippen molar-refractivity contribution in [2.75, 3.05) is 26.3 Å². The van der Waals surface area contributed by atoms with Gasteiger partial charge in [-0.2, -0.15) is 4.39 Å². The van der Waals surface area contributed by atoms with Gasteiger partial charge in [-0.3, -0.25) is 38.2 Å². The van der Waals surface area contributed by atoms with Crippen molar-refractivity contribution in [1.82, 2.24) is 50.5 Å². The number of pyridine rings is 2. The predicted molar refractivity (Wildman–Crippen MR) is 381 cm³/mol. The van der Waals surface area contributed by atoms with Crippen LogP contribution in [0.5, 0.6) is 17.4 Å². The number of aromatic nitrogens is 2. The topological polar surface area (TPSA) is 376 Å². The first kappa shape index (κ1) is 80.0. The number of carbonyl (C=O) groups excluding carboxylic acids is 8. The minimum atomic E-state index is -3.92. The van der Waals surface area contributed by atoms with Gasteiger partial charge in [0.25, 0.3) is 11.8 Å². The number of ether oxygens (including phenoxy) is 5. The number of rotatable bonds is 20. The normalized spacial score (nSPS) is 20.5. The highest BCUT2D eigenvalue weighted by atomic mass is 32.2. The van der Waals surface area contributed by atoms with E-state index in [1.807, 2.05) is 41.1 Å². The van der Waals surface area contributed by atoms with Crippen LogP contribution in [-0.4, -0.2) is 185 Å². The van der Waals surface area contributed by atoms with Crippen molar-refractivity contribution in [3.63, 3.8) is 0 Å². The fraction of sp³-hybridized carbons (Fsp3) is 0.583. The van der Waals surface area contributed by atoms with Crippen molar-refractivity contribution in [1.29, 1.82) is 0 Å². The molecule has 103 heavy (non-hydrogen) atoms. The number of aliphatic hydroxyl groups is 1. The highest BCUT2D eigenvalue weighted by Crippen LogP contribution is 2.40. The van der Waals surface area contributed by atoms with Crippen LogP contribution in [0.4, 0.5) is 14.0 Å². The summed E-state index contributed by atoms with van der Waals surface area (Å²) in [4.78, 5) is 119. The van der Waals surface area contributed by atoms with Crippen molar-refractivity contribution in [2.45, 2.75) is 230 Å². The highest BCUT2D eigenvalue weighted by Gasteiger charge is 2.51. The van der Waals surface area contributed by atoms with E-state index < -0.39 is 154 Å². The van der Waals surface area contributed by atoms with Crippen LogP contribution in [0.3, 0.4) is 0 Å². The lowest BCUT2D eigenvalue weighted by Gasteiger charge is -2.36. The average Bonchev–Trinajstić information content (AvgIpc) is 1.74. The molecule has 28 nitrogen and oxygen atoms in total. The predicted octanol–water partition coefficient (Wildman–Crippen LogP) is 6.77. The zero-order valence-electron chi connectivity index (χ0n) is 61.1. The zero-order valence-corrected chi connectivity index (χ0v) is 62.7. The number of halogens is 1. The van der Waals surface area contributed by atoms with Gasteiger partial charge in [0.1, 0.15) is 64.1 Å². The van der Waals surface area contributed by atoms with Crippen LogP contribution in [0.2, 0.25) is 0 Å². The first-order valence-corrected chi connectivity index (χ1v) is 37.5. The monoisotopic (exact) mass is 1470 g/mol. The van der Waals surface area contributed by atoms with E-state index in [2.05, 4.69) is 44.1 Å². The number of carbonyl (C=O) groups is 8. The van der Waals surface area contributed by atoms with Gasteiger partial charge in [-0.25, -0.2) is 36.4 Å². The molecule has 6 heterocycles. The summed E-state index contributed by atoms with van der Waals surface area (Å²) in [7, 11) is -7.79. The molecule has 2 saturated carbocycles. The third-order valence-electron chi connectivity index (χ3n) is 17.8. The number of nitrogens with one attached hydrogen (secondary N) is 6. The molecule has 2 aromatic heterocycles. The second-order valence-electron chi connectivity index (χ2n) is 31.4.